The van der Waals surface area contributed by atoms with E-state index in [1.165, 1.54) is 0 Å². The molecule has 0 saturated carbocycles. The Morgan fingerprint density at radius 3 is 2.00 bits per heavy atom. The van der Waals surface area contributed by atoms with Crippen molar-refractivity contribution >= 4 is 11.9 Å². The molecular weight excluding hydrogens is 232 g/mol. The van der Waals surface area contributed by atoms with Crippen molar-refractivity contribution in [1.29, 1.82) is 0 Å². The molecule has 0 saturated heterocycles. The molecule has 0 aromatic heterocycles. The number of hydrogen-bond donors (Lipinski definition) is 0. The quantitative estimate of drug-likeness (QED) is 0.379. The summed E-state index contributed by atoms with van der Waals surface area (Å²) in [4.78, 5) is 23.7. The van der Waals surface area contributed by atoms with Gasteiger partial charge >= 0.3 is 11.9 Å². The van der Waals surface area contributed by atoms with E-state index in [1.54, 1.807) is 32.1 Å². The Morgan fingerprint density at radius 2 is 1.67 bits per heavy atom. The van der Waals surface area contributed by atoms with E-state index in [0.29, 0.717) is 6.42 Å². The molecule has 0 amide bonds. The van der Waals surface area contributed by atoms with Gasteiger partial charge in [-0.3, -0.25) is 9.59 Å². The number of carbonyl (C=O) groups is 2. The number of allylic oxidation sites excluding steroid dienone is 3. The molecular formula is C14H22O4. The predicted octanol–water partition coefficient (Wildman–Crippen LogP) is 2.50. The maximum absolute atomic E-state index is 11.9. The van der Waals surface area contributed by atoms with Crippen molar-refractivity contribution in [2.24, 2.45) is 11.8 Å². The second kappa shape index (κ2) is 9.45. The smallest absolute Gasteiger partial charge is 0.320 e. The van der Waals surface area contributed by atoms with Crippen LogP contribution in [-0.4, -0.2) is 25.2 Å². The van der Waals surface area contributed by atoms with Crippen molar-refractivity contribution in [3.05, 3.63) is 24.8 Å². The first kappa shape index (κ1) is 16.4. The molecule has 1 unspecified atom stereocenters. The highest BCUT2D eigenvalue weighted by Crippen LogP contribution is 2.22. The standard InChI is InChI=1S/C14H22O4/c1-5-9-11(10-6-2)12(13(15)17-7-3)14(16)18-8-4/h5-6,10-12H,1,7-9H2,2-4H3. The fourth-order valence-corrected chi connectivity index (χ4v) is 1.68. The third-order valence-corrected chi connectivity index (χ3v) is 2.39. The molecule has 0 spiro atoms. The summed E-state index contributed by atoms with van der Waals surface area (Å²) in [5.74, 6) is -2.27. The molecule has 4 heteroatoms. The molecule has 0 heterocycles. The molecule has 4 nitrogen and oxygen atoms in total. The predicted molar refractivity (Wildman–Crippen MR) is 69.9 cm³/mol. The van der Waals surface area contributed by atoms with Crippen LogP contribution in [0, 0.1) is 11.8 Å². The van der Waals surface area contributed by atoms with Crippen molar-refractivity contribution in [3.63, 3.8) is 0 Å². The normalized spacial score (nSPS) is 12.4. The summed E-state index contributed by atoms with van der Waals surface area (Å²) in [6.45, 7) is 9.37. The Labute approximate surface area is 109 Å². The molecule has 0 aromatic carbocycles. The zero-order valence-corrected chi connectivity index (χ0v) is 11.3. The van der Waals surface area contributed by atoms with Gasteiger partial charge in [0.2, 0.25) is 0 Å². The number of ether oxygens (including phenoxy) is 2. The van der Waals surface area contributed by atoms with Crippen LogP contribution in [0.5, 0.6) is 0 Å². The maximum Gasteiger partial charge on any atom is 0.320 e. The number of rotatable bonds is 8. The molecule has 0 aliphatic heterocycles. The molecule has 1 atom stereocenters. The molecule has 0 N–H and O–H groups in total. The average Bonchev–Trinajstić information content (AvgIpc) is 2.30. The molecule has 0 aliphatic carbocycles. The first-order valence-corrected chi connectivity index (χ1v) is 6.19. The highest BCUT2D eigenvalue weighted by atomic mass is 16.6. The first-order valence-electron chi connectivity index (χ1n) is 6.19. The summed E-state index contributed by atoms with van der Waals surface area (Å²) in [6, 6.07) is 0. The van der Waals surface area contributed by atoms with Gasteiger partial charge in [0.15, 0.2) is 5.92 Å². The summed E-state index contributed by atoms with van der Waals surface area (Å²) in [7, 11) is 0. The van der Waals surface area contributed by atoms with Gasteiger partial charge < -0.3 is 9.47 Å². The Hall–Kier alpha value is -1.58. The topological polar surface area (TPSA) is 52.6 Å². The van der Waals surface area contributed by atoms with Crippen LogP contribution in [0.3, 0.4) is 0 Å². The summed E-state index contributed by atoms with van der Waals surface area (Å²) in [6.07, 6.45) is 5.81. The van der Waals surface area contributed by atoms with Crippen LogP contribution in [-0.2, 0) is 19.1 Å². The minimum atomic E-state index is -0.918. The SMILES string of the molecule is C=CCC(C=CC)C(C(=O)OCC)C(=O)OCC. The highest BCUT2D eigenvalue weighted by molar-refractivity contribution is 5.95. The van der Waals surface area contributed by atoms with Gasteiger partial charge in [0.25, 0.3) is 0 Å². The lowest BCUT2D eigenvalue weighted by Crippen LogP contribution is -2.33. The van der Waals surface area contributed by atoms with Crippen LogP contribution in [0.15, 0.2) is 24.8 Å². The lowest BCUT2D eigenvalue weighted by Gasteiger charge is -2.20. The van der Waals surface area contributed by atoms with Crippen LogP contribution in [0.1, 0.15) is 27.2 Å². The Morgan fingerprint density at radius 1 is 1.17 bits per heavy atom. The molecule has 0 fully saturated rings. The highest BCUT2D eigenvalue weighted by Gasteiger charge is 2.35. The van der Waals surface area contributed by atoms with E-state index in [-0.39, 0.29) is 19.1 Å². The van der Waals surface area contributed by atoms with E-state index in [0.717, 1.165) is 0 Å². The fourth-order valence-electron chi connectivity index (χ4n) is 1.68. The molecule has 0 aromatic rings. The summed E-state index contributed by atoms with van der Waals surface area (Å²) < 4.78 is 9.87. The monoisotopic (exact) mass is 254 g/mol. The van der Waals surface area contributed by atoms with E-state index in [1.807, 2.05) is 6.92 Å². The largest absolute Gasteiger partial charge is 0.465 e. The fraction of sp³-hybridized carbons (Fsp3) is 0.571. The zero-order valence-electron chi connectivity index (χ0n) is 11.3. The molecule has 0 aliphatic rings. The van der Waals surface area contributed by atoms with E-state index in [9.17, 15) is 9.59 Å². The van der Waals surface area contributed by atoms with Crippen LogP contribution in [0.4, 0.5) is 0 Å². The van der Waals surface area contributed by atoms with Crippen LogP contribution in [0.25, 0.3) is 0 Å². The van der Waals surface area contributed by atoms with Gasteiger partial charge in [0.05, 0.1) is 13.2 Å². The minimum Gasteiger partial charge on any atom is -0.465 e. The van der Waals surface area contributed by atoms with Gasteiger partial charge in [0, 0.05) is 5.92 Å². The Bertz CT molecular complexity index is 289. The van der Waals surface area contributed by atoms with E-state index < -0.39 is 17.9 Å². The number of hydrogen-bond acceptors (Lipinski definition) is 4. The number of esters is 2. The van der Waals surface area contributed by atoms with Crippen LogP contribution < -0.4 is 0 Å². The molecule has 0 rings (SSSR count). The van der Waals surface area contributed by atoms with E-state index >= 15 is 0 Å². The summed E-state index contributed by atoms with van der Waals surface area (Å²) in [5, 5.41) is 0. The first-order chi connectivity index (χ1) is 8.62. The van der Waals surface area contributed by atoms with Crippen molar-refractivity contribution in [1.82, 2.24) is 0 Å². The van der Waals surface area contributed by atoms with Gasteiger partial charge in [-0.15, -0.1) is 6.58 Å². The van der Waals surface area contributed by atoms with E-state index in [2.05, 4.69) is 6.58 Å². The Balaban J connectivity index is 5.06. The molecule has 0 radical (unpaired) electrons. The molecule has 0 bridgehead atoms. The third kappa shape index (κ3) is 5.17. The van der Waals surface area contributed by atoms with Crippen molar-refractivity contribution in [3.8, 4) is 0 Å². The van der Waals surface area contributed by atoms with Crippen molar-refractivity contribution < 1.29 is 19.1 Å². The average molecular weight is 254 g/mol. The Kier molecular flexibility index (Phi) is 8.62. The lowest BCUT2D eigenvalue weighted by atomic mass is 9.89. The van der Waals surface area contributed by atoms with Crippen molar-refractivity contribution in [2.75, 3.05) is 13.2 Å². The van der Waals surface area contributed by atoms with Crippen LogP contribution >= 0.6 is 0 Å². The van der Waals surface area contributed by atoms with Gasteiger partial charge in [-0.05, 0) is 27.2 Å². The second-order valence-electron chi connectivity index (χ2n) is 3.70. The van der Waals surface area contributed by atoms with Gasteiger partial charge in [-0.25, -0.2) is 0 Å². The molecule has 102 valence electrons. The van der Waals surface area contributed by atoms with Crippen molar-refractivity contribution in [2.45, 2.75) is 27.2 Å². The zero-order chi connectivity index (χ0) is 14.0. The lowest BCUT2D eigenvalue weighted by molar-refractivity contribution is -0.163. The van der Waals surface area contributed by atoms with Gasteiger partial charge in [0.1, 0.15) is 0 Å². The summed E-state index contributed by atoms with van der Waals surface area (Å²) >= 11 is 0. The molecule has 18 heavy (non-hydrogen) atoms. The second-order valence-corrected chi connectivity index (χ2v) is 3.70. The summed E-state index contributed by atoms with van der Waals surface area (Å²) in [5.41, 5.74) is 0. The number of carbonyl (C=O) groups excluding carboxylic acids is 2. The van der Waals surface area contributed by atoms with Gasteiger partial charge in [-0.1, -0.05) is 18.2 Å². The van der Waals surface area contributed by atoms with Crippen LogP contribution in [0.2, 0.25) is 0 Å². The maximum atomic E-state index is 11.9. The van der Waals surface area contributed by atoms with E-state index in [4.69, 9.17) is 9.47 Å². The van der Waals surface area contributed by atoms with Gasteiger partial charge in [-0.2, -0.15) is 0 Å². The minimum absolute atomic E-state index is 0.241. The third-order valence-electron chi connectivity index (χ3n) is 2.39.